The molecule has 3 aromatic rings. The van der Waals surface area contributed by atoms with Crippen molar-refractivity contribution in [1.29, 1.82) is 0 Å². The lowest BCUT2D eigenvalue weighted by atomic mass is 10.1. The average molecular weight is 374 g/mol. The minimum absolute atomic E-state index is 0.410. The standard InChI is InChI=1S/C21H21Cl2NO/c1-15(7-8-16-5-3-2-4-6-16)24-14-18-10-12-21(25-18)19-11-9-17(22)13-20(19)23/h2-6,9-13,15,24H,7-8,14H2,1H3. The molecular weight excluding hydrogens is 353 g/mol. The van der Waals surface area contributed by atoms with Crippen molar-refractivity contribution in [2.75, 3.05) is 0 Å². The molecule has 0 radical (unpaired) electrons. The van der Waals surface area contributed by atoms with E-state index in [1.165, 1.54) is 5.56 Å². The van der Waals surface area contributed by atoms with Gasteiger partial charge < -0.3 is 9.73 Å². The fourth-order valence-corrected chi connectivity index (χ4v) is 3.21. The van der Waals surface area contributed by atoms with Crippen molar-refractivity contribution in [1.82, 2.24) is 5.32 Å². The highest BCUT2D eigenvalue weighted by molar-refractivity contribution is 6.36. The second-order valence-corrected chi connectivity index (χ2v) is 7.04. The molecule has 4 heteroatoms. The SMILES string of the molecule is CC(CCc1ccccc1)NCc1ccc(-c2ccc(Cl)cc2Cl)o1. The van der Waals surface area contributed by atoms with E-state index < -0.39 is 0 Å². The van der Waals surface area contributed by atoms with Gasteiger partial charge in [-0.3, -0.25) is 0 Å². The smallest absolute Gasteiger partial charge is 0.135 e. The number of benzene rings is 2. The molecule has 1 N–H and O–H groups in total. The number of nitrogens with one attached hydrogen (secondary N) is 1. The third-order valence-electron chi connectivity index (χ3n) is 4.19. The van der Waals surface area contributed by atoms with Crippen LogP contribution in [-0.2, 0) is 13.0 Å². The highest BCUT2D eigenvalue weighted by atomic mass is 35.5. The van der Waals surface area contributed by atoms with E-state index in [2.05, 4.69) is 36.5 Å². The first-order chi connectivity index (χ1) is 12.1. The molecule has 1 unspecified atom stereocenters. The lowest BCUT2D eigenvalue weighted by Gasteiger charge is -2.12. The Bertz CT molecular complexity index is 814. The quantitative estimate of drug-likeness (QED) is 0.520. The van der Waals surface area contributed by atoms with E-state index in [4.69, 9.17) is 27.6 Å². The van der Waals surface area contributed by atoms with Gasteiger partial charge in [0.2, 0.25) is 0 Å². The lowest BCUT2D eigenvalue weighted by Crippen LogP contribution is -2.25. The van der Waals surface area contributed by atoms with Crippen LogP contribution < -0.4 is 5.32 Å². The summed E-state index contributed by atoms with van der Waals surface area (Å²) in [7, 11) is 0. The molecule has 2 aromatic carbocycles. The Balaban J connectivity index is 1.53. The van der Waals surface area contributed by atoms with Gasteiger partial charge in [-0.15, -0.1) is 0 Å². The molecule has 0 amide bonds. The topological polar surface area (TPSA) is 25.2 Å². The van der Waals surface area contributed by atoms with Crippen molar-refractivity contribution < 1.29 is 4.42 Å². The summed E-state index contributed by atoms with van der Waals surface area (Å²) in [5.74, 6) is 1.66. The van der Waals surface area contributed by atoms with Crippen LogP contribution in [0.5, 0.6) is 0 Å². The van der Waals surface area contributed by atoms with E-state index in [1.807, 2.05) is 30.3 Å². The first-order valence-corrected chi connectivity index (χ1v) is 9.19. The Morgan fingerprint density at radius 2 is 1.80 bits per heavy atom. The summed E-state index contributed by atoms with van der Waals surface area (Å²) in [4.78, 5) is 0. The van der Waals surface area contributed by atoms with E-state index in [0.29, 0.717) is 22.6 Å². The lowest BCUT2D eigenvalue weighted by molar-refractivity contribution is 0.449. The van der Waals surface area contributed by atoms with Crippen molar-refractivity contribution in [3.05, 3.63) is 82.0 Å². The van der Waals surface area contributed by atoms with Crippen LogP contribution in [0, 0.1) is 0 Å². The zero-order chi connectivity index (χ0) is 17.6. The first kappa shape index (κ1) is 18.1. The van der Waals surface area contributed by atoms with Crippen LogP contribution >= 0.6 is 23.2 Å². The van der Waals surface area contributed by atoms with Gasteiger partial charge >= 0.3 is 0 Å². The molecule has 0 bridgehead atoms. The Morgan fingerprint density at radius 3 is 2.56 bits per heavy atom. The Kier molecular flexibility index (Phi) is 6.19. The summed E-state index contributed by atoms with van der Waals surface area (Å²) in [5.41, 5.74) is 2.23. The summed E-state index contributed by atoms with van der Waals surface area (Å²) in [6.45, 7) is 2.89. The Morgan fingerprint density at radius 1 is 1.00 bits per heavy atom. The van der Waals surface area contributed by atoms with Crippen LogP contribution in [0.25, 0.3) is 11.3 Å². The monoisotopic (exact) mass is 373 g/mol. The highest BCUT2D eigenvalue weighted by Gasteiger charge is 2.10. The number of hydrogen-bond donors (Lipinski definition) is 1. The van der Waals surface area contributed by atoms with Crippen molar-refractivity contribution in [2.24, 2.45) is 0 Å². The van der Waals surface area contributed by atoms with Crippen LogP contribution in [0.1, 0.15) is 24.7 Å². The first-order valence-electron chi connectivity index (χ1n) is 8.43. The normalized spacial score (nSPS) is 12.3. The van der Waals surface area contributed by atoms with Crippen LogP contribution in [0.3, 0.4) is 0 Å². The van der Waals surface area contributed by atoms with E-state index >= 15 is 0 Å². The second kappa shape index (κ2) is 8.57. The van der Waals surface area contributed by atoms with Gasteiger partial charge in [-0.2, -0.15) is 0 Å². The minimum atomic E-state index is 0.410. The van der Waals surface area contributed by atoms with Gasteiger partial charge in [0.1, 0.15) is 11.5 Å². The maximum atomic E-state index is 6.24. The molecule has 25 heavy (non-hydrogen) atoms. The van der Waals surface area contributed by atoms with E-state index in [-0.39, 0.29) is 0 Å². The molecule has 1 heterocycles. The second-order valence-electron chi connectivity index (χ2n) is 6.20. The summed E-state index contributed by atoms with van der Waals surface area (Å²) < 4.78 is 5.91. The van der Waals surface area contributed by atoms with Crippen molar-refractivity contribution in [2.45, 2.75) is 32.4 Å². The van der Waals surface area contributed by atoms with Gasteiger partial charge in [0.15, 0.2) is 0 Å². The Hall–Kier alpha value is -1.74. The largest absolute Gasteiger partial charge is 0.460 e. The predicted octanol–water partition coefficient (Wildman–Crippen LogP) is 6.36. The van der Waals surface area contributed by atoms with Gasteiger partial charge in [-0.1, -0.05) is 53.5 Å². The van der Waals surface area contributed by atoms with Crippen molar-refractivity contribution >= 4 is 23.2 Å². The van der Waals surface area contributed by atoms with E-state index in [1.54, 1.807) is 6.07 Å². The summed E-state index contributed by atoms with van der Waals surface area (Å²) in [5, 5.41) is 4.72. The molecule has 0 aliphatic heterocycles. The van der Waals surface area contributed by atoms with Gasteiger partial charge in [0, 0.05) is 16.6 Å². The molecule has 1 atom stereocenters. The molecule has 0 aliphatic rings. The Labute approximate surface area is 158 Å². The van der Waals surface area contributed by atoms with E-state index in [0.717, 1.165) is 29.9 Å². The molecule has 1 aromatic heterocycles. The molecular formula is C21H21Cl2NO. The molecule has 0 aliphatic carbocycles. The third-order valence-corrected chi connectivity index (χ3v) is 4.74. The number of aryl methyl sites for hydroxylation is 1. The molecule has 0 saturated heterocycles. The van der Waals surface area contributed by atoms with E-state index in [9.17, 15) is 0 Å². The maximum Gasteiger partial charge on any atom is 0.135 e. The summed E-state index contributed by atoms with van der Waals surface area (Å²) in [6, 6.07) is 20.3. The molecule has 3 rings (SSSR count). The van der Waals surface area contributed by atoms with Crippen LogP contribution in [-0.4, -0.2) is 6.04 Å². The number of furan rings is 1. The van der Waals surface area contributed by atoms with Gasteiger partial charge in [0.05, 0.1) is 11.6 Å². The number of halogens is 2. The molecule has 0 saturated carbocycles. The van der Waals surface area contributed by atoms with Gasteiger partial charge in [-0.25, -0.2) is 0 Å². The number of rotatable bonds is 7. The fraction of sp³-hybridized carbons (Fsp3) is 0.238. The zero-order valence-corrected chi connectivity index (χ0v) is 15.6. The molecule has 2 nitrogen and oxygen atoms in total. The van der Waals surface area contributed by atoms with Gasteiger partial charge in [-0.05, 0) is 55.7 Å². The summed E-state index contributed by atoms with van der Waals surface area (Å²) in [6.07, 6.45) is 2.15. The van der Waals surface area contributed by atoms with Gasteiger partial charge in [0.25, 0.3) is 0 Å². The number of hydrogen-bond acceptors (Lipinski definition) is 2. The van der Waals surface area contributed by atoms with Crippen molar-refractivity contribution in [3.63, 3.8) is 0 Å². The maximum absolute atomic E-state index is 6.24. The van der Waals surface area contributed by atoms with Crippen LogP contribution in [0.15, 0.2) is 65.1 Å². The zero-order valence-electron chi connectivity index (χ0n) is 14.1. The van der Waals surface area contributed by atoms with Crippen molar-refractivity contribution in [3.8, 4) is 11.3 Å². The summed E-state index contributed by atoms with van der Waals surface area (Å²) >= 11 is 12.2. The molecule has 130 valence electrons. The predicted molar refractivity (Wildman–Crippen MR) is 105 cm³/mol. The third kappa shape index (κ3) is 5.12. The fourth-order valence-electron chi connectivity index (χ4n) is 2.71. The molecule has 0 fully saturated rings. The average Bonchev–Trinajstić information content (AvgIpc) is 3.08. The highest BCUT2D eigenvalue weighted by Crippen LogP contribution is 2.31. The minimum Gasteiger partial charge on any atom is -0.460 e. The van der Waals surface area contributed by atoms with Crippen LogP contribution in [0.2, 0.25) is 10.0 Å². The van der Waals surface area contributed by atoms with Crippen LogP contribution in [0.4, 0.5) is 0 Å². The molecule has 0 spiro atoms.